The van der Waals surface area contributed by atoms with Crippen molar-refractivity contribution in [1.82, 2.24) is 0 Å². The molecule has 0 saturated carbocycles. The van der Waals surface area contributed by atoms with Crippen LogP contribution in [0, 0.1) is 0 Å². The van der Waals surface area contributed by atoms with Gasteiger partial charge in [0.1, 0.15) is 11.3 Å². The third-order valence-electron chi connectivity index (χ3n) is 2.44. The molecule has 86 valence electrons. The number of methoxy groups -OCH3 is 1. The summed E-state index contributed by atoms with van der Waals surface area (Å²) in [7, 11) is 1.53. The van der Waals surface area contributed by atoms with Crippen molar-refractivity contribution in [3.05, 3.63) is 23.8 Å². The molecule has 0 amide bonds. The molecule has 1 aliphatic heterocycles. The summed E-state index contributed by atoms with van der Waals surface area (Å²) in [5.74, 6) is 0.900. The third-order valence-corrected chi connectivity index (χ3v) is 3.64. The molecule has 1 unspecified atom stereocenters. The fraction of sp³-hybridized carbons (Fsp3) is 0.364. The molecule has 16 heavy (non-hydrogen) atoms. The Morgan fingerprint density at radius 2 is 2.31 bits per heavy atom. The molecule has 4 nitrogen and oxygen atoms in total. The van der Waals surface area contributed by atoms with Crippen molar-refractivity contribution < 1.29 is 19.3 Å². The van der Waals surface area contributed by atoms with Crippen molar-refractivity contribution in [1.29, 1.82) is 0 Å². The summed E-state index contributed by atoms with van der Waals surface area (Å²) in [6.45, 7) is 1.87. The number of hydrogen-bond acceptors (Lipinski definition) is 4. The van der Waals surface area contributed by atoms with Crippen LogP contribution in [0.3, 0.4) is 0 Å². The highest BCUT2D eigenvalue weighted by atomic mass is 32.2. The van der Waals surface area contributed by atoms with Crippen molar-refractivity contribution in [2.24, 2.45) is 0 Å². The number of thioether (sulfide) groups is 1. The zero-order valence-corrected chi connectivity index (χ0v) is 9.87. The van der Waals surface area contributed by atoms with Crippen LogP contribution in [0.5, 0.6) is 11.5 Å². The molecule has 1 atom stereocenters. The minimum atomic E-state index is -0.410. The van der Waals surface area contributed by atoms with Gasteiger partial charge >= 0.3 is 0 Å². The first-order chi connectivity index (χ1) is 7.67. The van der Waals surface area contributed by atoms with Gasteiger partial charge in [-0.05, 0) is 12.1 Å². The molecule has 0 bridgehead atoms. The lowest BCUT2D eigenvalue weighted by Crippen LogP contribution is -2.34. The maximum atomic E-state index is 11.9. The lowest BCUT2D eigenvalue weighted by Gasteiger charge is -2.35. The summed E-state index contributed by atoms with van der Waals surface area (Å²) in [6.07, 6.45) is 0.598. The van der Waals surface area contributed by atoms with Crippen LogP contribution in [-0.4, -0.2) is 17.7 Å². The van der Waals surface area contributed by atoms with Gasteiger partial charge in [-0.25, -0.2) is 0 Å². The molecule has 1 aromatic carbocycles. The molecule has 5 heteroatoms. The fourth-order valence-electron chi connectivity index (χ4n) is 1.57. The smallest absolute Gasteiger partial charge is 0.281 e. The molecule has 2 rings (SSSR count). The highest BCUT2D eigenvalue weighted by Gasteiger charge is 2.34. The van der Waals surface area contributed by atoms with Crippen LogP contribution >= 0.6 is 11.8 Å². The van der Waals surface area contributed by atoms with E-state index >= 15 is 0 Å². The summed E-state index contributed by atoms with van der Waals surface area (Å²) < 4.78 is 6.79. The number of rotatable bonds is 2. The van der Waals surface area contributed by atoms with E-state index in [2.05, 4.69) is 0 Å². The van der Waals surface area contributed by atoms with Crippen molar-refractivity contribution in [2.75, 3.05) is 7.11 Å². The van der Waals surface area contributed by atoms with Gasteiger partial charge in [0.05, 0.1) is 13.2 Å². The fourth-order valence-corrected chi connectivity index (χ4v) is 2.46. The average molecular weight is 240 g/mol. The standard InChI is InChI=1S/C11H12O4S/c1-3-10-15(13)9-6-7(14-2)4-5-8(9)11(12)16-10/h4-6,10H,3H2,1-2H3. The Morgan fingerprint density at radius 1 is 1.56 bits per heavy atom. The van der Waals surface area contributed by atoms with Gasteiger partial charge < -0.3 is 14.5 Å². The maximum absolute atomic E-state index is 11.9. The number of hydrogen-bond donors (Lipinski definition) is 0. The first kappa shape index (κ1) is 11.3. The first-order valence-electron chi connectivity index (χ1n) is 4.97. The largest absolute Gasteiger partial charge is 0.555 e. The Hall–Kier alpha value is -1.20. The molecule has 1 aromatic rings. The summed E-state index contributed by atoms with van der Waals surface area (Å²) in [4.78, 5) is 11.7. The van der Waals surface area contributed by atoms with Gasteiger partial charge in [-0.2, -0.15) is 0 Å². The second-order valence-electron chi connectivity index (χ2n) is 3.40. The second-order valence-corrected chi connectivity index (χ2v) is 4.53. The van der Waals surface area contributed by atoms with Crippen molar-refractivity contribution in [2.45, 2.75) is 18.8 Å². The number of ether oxygens (including phenoxy) is 1. The molecule has 1 heterocycles. The SMILES string of the molecule is CCC1SC(=O)c2ccc(OC)cc2[O+]1[O-]. The van der Waals surface area contributed by atoms with E-state index < -0.39 is 5.44 Å². The molecule has 0 spiro atoms. The van der Waals surface area contributed by atoms with Crippen LogP contribution in [0.25, 0.3) is 0 Å². The molecule has 0 N–H and O–H groups in total. The van der Waals surface area contributed by atoms with E-state index in [0.717, 1.165) is 11.8 Å². The van der Waals surface area contributed by atoms with Gasteiger partial charge in [0, 0.05) is 18.2 Å². The summed E-state index contributed by atoms with van der Waals surface area (Å²) in [5.41, 5.74) is 0.0163. The molecule has 0 saturated heterocycles. The highest BCUT2D eigenvalue weighted by molar-refractivity contribution is 8.14. The second kappa shape index (κ2) is 4.35. The molecular formula is C11H12O4S. The van der Waals surface area contributed by atoms with Crippen LogP contribution in [0.1, 0.15) is 23.7 Å². The Balaban J connectivity index is 2.47. The predicted octanol–water partition coefficient (Wildman–Crippen LogP) is 1.86. The molecule has 0 radical (unpaired) electrons. The lowest BCUT2D eigenvalue weighted by atomic mass is 10.2. The van der Waals surface area contributed by atoms with E-state index in [9.17, 15) is 10.1 Å². The zero-order chi connectivity index (χ0) is 11.7. The Morgan fingerprint density at radius 3 is 2.94 bits per heavy atom. The quantitative estimate of drug-likeness (QED) is 0.585. The Bertz CT molecular complexity index is 418. The third kappa shape index (κ3) is 1.76. The topological polar surface area (TPSA) is 52.1 Å². The van der Waals surface area contributed by atoms with Gasteiger partial charge in [-0.15, -0.1) is 0 Å². The maximum Gasteiger partial charge on any atom is 0.281 e. The van der Waals surface area contributed by atoms with Gasteiger partial charge in [0.2, 0.25) is 10.6 Å². The van der Waals surface area contributed by atoms with E-state index in [-0.39, 0.29) is 5.12 Å². The van der Waals surface area contributed by atoms with E-state index in [1.54, 1.807) is 22.7 Å². The molecule has 0 aromatic heterocycles. The summed E-state index contributed by atoms with van der Waals surface area (Å²) in [6, 6.07) is 4.87. The molecule has 1 aliphatic rings. The van der Waals surface area contributed by atoms with Gasteiger partial charge in [0.25, 0.3) is 5.75 Å². The van der Waals surface area contributed by atoms with E-state index in [1.165, 1.54) is 7.11 Å². The van der Waals surface area contributed by atoms with Crippen molar-refractivity contribution >= 4 is 16.9 Å². The number of carbonyl (C=O) groups is 1. The Labute approximate surface area is 97.8 Å². The van der Waals surface area contributed by atoms with Gasteiger partial charge in [-0.1, -0.05) is 6.92 Å². The van der Waals surface area contributed by atoms with Gasteiger partial charge in [-0.3, -0.25) is 4.79 Å². The van der Waals surface area contributed by atoms with Crippen LogP contribution in [0.4, 0.5) is 0 Å². The Kier molecular flexibility index (Phi) is 3.07. The zero-order valence-electron chi connectivity index (χ0n) is 9.06. The minimum Gasteiger partial charge on any atom is -0.555 e. The van der Waals surface area contributed by atoms with Crippen LogP contribution < -0.4 is 9.99 Å². The predicted molar refractivity (Wildman–Crippen MR) is 59.5 cm³/mol. The molecular weight excluding hydrogens is 228 g/mol. The normalized spacial score (nSPS) is 19.6. The van der Waals surface area contributed by atoms with E-state index in [1.807, 2.05) is 6.92 Å². The van der Waals surface area contributed by atoms with E-state index in [4.69, 9.17) is 4.74 Å². The van der Waals surface area contributed by atoms with Crippen molar-refractivity contribution in [3.63, 3.8) is 0 Å². The molecule has 0 fully saturated rings. The van der Waals surface area contributed by atoms with E-state index in [0.29, 0.717) is 23.5 Å². The van der Waals surface area contributed by atoms with Crippen LogP contribution in [0.15, 0.2) is 18.2 Å². The van der Waals surface area contributed by atoms with Gasteiger partial charge in [0.15, 0.2) is 0 Å². The van der Waals surface area contributed by atoms with Crippen LogP contribution in [0.2, 0.25) is 0 Å². The molecule has 0 aliphatic carbocycles. The first-order valence-corrected chi connectivity index (χ1v) is 5.85. The monoisotopic (exact) mass is 240 g/mol. The number of fused-ring (bicyclic) bond motifs is 1. The minimum absolute atomic E-state index is 0.0656. The summed E-state index contributed by atoms with van der Waals surface area (Å²) in [5, 5.41) is 11.8. The summed E-state index contributed by atoms with van der Waals surface area (Å²) >= 11 is 1.05. The van der Waals surface area contributed by atoms with Crippen molar-refractivity contribution in [3.8, 4) is 11.5 Å². The average Bonchev–Trinajstić information content (AvgIpc) is 2.33. The lowest BCUT2D eigenvalue weighted by molar-refractivity contribution is -0.772. The van der Waals surface area contributed by atoms with Crippen LogP contribution in [-0.2, 0) is 4.52 Å². The number of benzene rings is 1. The number of carbonyl (C=O) groups excluding carboxylic acids is 1. The highest BCUT2D eigenvalue weighted by Crippen LogP contribution is 2.42.